The Bertz CT molecular complexity index is 218. The number of amides is 1. The molecule has 5 nitrogen and oxygen atoms in total. The summed E-state index contributed by atoms with van der Waals surface area (Å²) in [5.41, 5.74) is 0. The number of carbonyl (C=O) groups excluding carboxylic acids is 1. The van der Waals surface area contributed by atoms with Crippen molar-refractivity contribution in [3.63, 3.8) is 0 Å². The number of nitrogens with zero attached hydrogens (tertiary/aromatic N) is 1. The van der Waals surface area contributed by atoms with Crippen molar-refractivity contribution >= 4 is 11.9 Å². The molecule has 0 heterocycles. The van der Waals surface area contributed by atoms with Gasteiger partial charge in [0, 0.05) is 19.9 Å². The molecule has 0 fully saturated rings. The van der Waals surface area contributed by atoms with Crippen LogP contribution in [0.25, 0.3) is 0 Å². The van der Waals surface area contributed by atoms with Crippen molar-refractivity contribution in [3.05, 3.63) is 0 Å². The second-order valence-corrected chi connectivity index (χ2v) is 3.74. The molecule has 0 rings (SSSR count). The lowest BCUT2D eigenvalue weighted by molar-refractivity contribution is -0.168. The minimum absolute atomic E-state index is 0.0203. The van der Waals surface area contributed by atoms with E-state index in [0.29, 0.717) is 6.42 Å². The maximum absolute atomic E-state index is 11.3. The van der Waals surface area contributed by atoms with E-state index in [2.05, 4.69) is 0 Å². The Kier molecular flexibility index (Phi) is 8.52. The number of aliphatic carboxylic acids is 1. The number of hydroxylamine groups is 2. The lowest BCUT2D eigenvalue weighted by Gasteiger charge is -2.12. The van der Waals surface area contributed by atoms with Gasteiger partial charge in [0.05, 0.1) is 7.11 Å². The number of carboxylic acids is 1. The predicted octanol–water partition coefficient (Wildman–Crippen LogP) is 1.82. The fourth-order valence-corrected chi connectivity index (χ4v) is 1.34. The van der Waals surface area contributed by atoms with Gasteiger partial charge in [0.25, 0.3) is 0 Å². The fourth-order valence-electron chi connectivity index (χ4n) is 1.34. The molecule has 5 heteroatoms. The minimum atomic E-state index is -0.739. The molecule has 0 radical (unpaired) electrons. The first-order valence-corrected chi connectivity index (χ1v) is 5.60. The van der Waals surface area contributed by atoms with Gasteiger partial charge in [0.15, 0.2) is 0 Å². The summed E-state index contributed by atoms with van der Waals surface area (Å²) in [5.74, 6) is -0.759. The summed E-state index contributed by atoms with van der Waals surface area (Å²) in [5, 5.41) is 9.64. The first kappa shape index (κ1) is 14.9. The third-order valence-corrected chi connectivity index (χ3v) is 2.41. The quantitative estimate of drug-likeness (QED) is 0.485. The molecular formula is C11H21NO4. The molecule has 1 N–H and O–H groups in total. The minimum Gasteiger partial charge on any atom is -0.481 e. The van der Waals surface area contributed by atoms with Gasteiger partial charge < -0.3 is 5.11 Å². The molecular weight excluding hydrogens is 210 g/mol. The number of carbonyl (C=O) groups is 2. The van der Waals surface area contributed by atoms with Gasteiger partial charge in [0.1, 0.15) is 0 Å². The van der Waals surface area contributed by atoms with Gasteiger partial charge in [-0.1, -0.05) is 19.3 Å². The van der Waals surface area contributed by atoms with Crippen molar-refractivity contribution in [3.8, 4) is 0 Å². The van der Waals surface area contributed by atoms with E-state index in [4.69, 9.17) is 9.94 Å². The molecule has 0 aromatic heterocycles. The van der Waals surface area contributed by atoms with Crippen molar-refractivity contribution in [2.24, 2.45) is 0 Å². The van der Waals surface area contributed by atoms with Gasteiger partial charge in [0.2, 0.25) is 5.91 Å². The average Bonchev–Trinajstić information content (AvgIpc) is 2.25. The maximum Gasteiger partial charge on any atom is 0.303 e. The van der Waals surface area contributed by atoms with Crippen LogP contribution >= 0.6 is 0 Å². The first-order chi connectivity index (χ1) is 7.57. The Morgan fingerprint density at radius 2 is 1.56 bits per heavy atom. The third kappa shape index (κ3) is 8.23. The van der Waals surface area contributed by atoms with Crippen molar-refractivity contribution in [2.75, 3.05) is 14.2 Å². The highest BCUT2D eigenvalue weighted by molar-refractivity contribution is 5.74. The predicted molar refractivity (Wildman–Crippen MR) is 59.7 cm³/mol. The highest BCUT2D eigenvalue weighted by Crippen LogP contribution is 2.08. The van der Waals surface area contributed by atoms with Gasteiger partial charge in [-0.05, 0) is 12.8 Å². The van der Waals surface area contributed by atoms with E-state index in [-0.39, 0.29) is 12.3 Å². The van der Waals surface area contributed by atoms with Gasteiger partial charge in [-0.2, -0.15) is 0 Å². The van der Waals surface area contributed by atoms with Crippen LogP contribution in [0.2, 0.25) is 0 Å². The Labute approximate surface area is 96.3 Å². The van der Waals surface area contributed by atoms with Crippen LogP contribution in [0.15, 0.2) is 0 Å². The molecule has 1 amide bonds. The van der Waals surface area contributed by atoms with Crippen molar-refractivity contribution in [2.45, 2.75) is 44.9 Å². The van der Waals surface area contributed by atoms with Gasteiger partial charge in [-0.25, -0.2) is 5.06 Å². The molecule has 0 aromatic rings. The van der Waals surface area contributed by atoms with E-state index in [1.165, 1.54) is 12.2 Å². The lowest BCUT2D eigenvalue weighted by Crippen LogP contribution is -2.24. The van der Waals surface area contributed by atoms with Crippen LogP contribution < -0.4 is 0 Å². The Hall–Kier alpha value is -1.10. The summed E-state index contributed by atoms with van der Waals surface area (Å²) in [6, 6.07) is 0. The van der Waals surface area contributed by atoms with E-state index >= 15 is 0 Å². The number of carboxylic acid groups (broad SMARTS) is 1. The molecule has 0 saturated heterocycles. The second-order valence-electron chi connectivity index (χ2n) is 3.74. The molecule has 0 aromatic carbocycles. The smallest absolute Gasteiger partial charge is 0.303 e. The zero-order valence-electron chi connectivity index (χ0n) is 10.1. The lowest BCUT2D eigenvalue weighted by atomic mass is 10.1. The second kappa shape index (κ2) is 9.15. The average molecular weight is 231 g/mol. The zero-order valence-corrected chi connectivity index (χ0v) is 10.1. The van der Waals surface area contributed by atoms with Gasteiger partial charge >= 0.3 is 5.97 Å². The van der Waals surface area contributed by atoms with E-state index in [1.54, 1.807) is 7.05 Å². The summed E-state index contributed by atoms with van der Waals surface area (Å²) in [4.78, 5) is 26.2. The molecule has 0 unspecified atom stereocenters. The molecule has 0 bridgehead atoms. The van der Waals surface area contributed by atoms with Gasteiger partial charge in [-0.15, -0.1) is 0 Å². The molecule has 16 heavy (non-hydrogen) atoms. The molecule has 0 aliphatic carbocycles. The summed E-state index contributed by atoms with van der Waals surface area (Å²) in [6.45, 7) is 0. The highest BCUT2D eigenvalue weighted by atomic mass is 16.7. The van der Waals surface area contributed by atoms with E-state index in [1.807, 2.05) is 0 Å². The van der Waals surface area contributed by atoms with Crippen LogP contribution in [0, 0.1) is 0 Å². The Morgan fingerprint density at radius 3 is 2.06 bits per heavy atom. The summed E-state index contributed by atoms with van der Waals surface area (Å²) in [6.07, 6.45) is 5.15. The monoisotopic (exact) mass is 231 g/mol. The summed E-state index contributed by atoms with van der Waals surface area (Å²) < 4.78 is 0. The van der Waals surface area contributed by atoms with Crippen LogP contribution in [0.3, 0.4) is 0 Å². The van der Waals surface area contributed by atoms with Crippen LogP contribution in [-0.4, -0.2) is 36.2 Å². The van der Waals surface area contributed by atoms with E-state index < -0.39 is 5.97 Å². The number of hydrogen-bond donors (Lipinski definition) is 1. The topological polar surface area (TPSA) is 66.8 Å². The third-order valence-electron chi connectivity index (χ3n) is 2.41. The summed E-state index contributed by atoms with van der Waals surface area (Å²) >= 11 is 0. The Morgan fingerprint density at radius 1 is 1.06 bits per heavy atom. The van der Waals surface area contributed by atoms with Crippen LogP contribution in [0.5, 0.6) is 0 Å². The largest absolute Gasteiger partial charge is 0.481 e. The van der Waals surface area contributed by atoms with Crippen LogP contribution in [0.4, 0.5) is 0 Å². The number of hydrogen-bond acceptors (Lipinski definition) is 3. The maximum atomic E-state index is 11.3. The fraction of sp³-hybridized carbons (Fsp3) is 0.818. The molecule has 0 saturated carbocycles. The zero-order chi connectivity index (χ0) is 12.4. The molecule has 0 aliphatic heterocycles. The van der Waals surface area contributed by atoms with Crippen molar-refractivity contribution in [1.29, 1.82) is 0 Å². The van der Waals surface area contributed by atoms with Crippen molar-refractivity contribution in [1.82, 2.24) is 5.06 Å². The van der Waals surface area contributed by atoms with Crippen LogP contribution in [0.1, 0.15) is 44.9 Å². The SMILES string of the molecule is CON(C)C(=O)CCCCCCCC(=O)O. The normalized spacial score (nSPS) is 10.1. The number of unbranched alkanes of at least 4 members (excludes halogenated alkanes) is 4. The Balaban J connectivity index is 3.27. The molecule has 0 spiro atoms. The van der Waals surface area contributed by atoms with Crippen molar-refractivity contribution < 1.29 is 19.5 Å². The molecule has 0 atom stereocenters. The highest BCUT2D eigenvalue weighted by Gasteiger charge is 2.06. The van der Waals surface area contributed by atoms with E-state index in [0.717, 1.165) is 32.1 Å². The standard InChI is InChI=1S/C11H21NO4/c1-12(16-2)10(13)8-6-4-3-5-7-9-11(14)15/h3-9H2,1-2H3,(H,14,15). The van der Waals surface area contributed by atoms with Crippen LogP contribution in [-0.2, 0) is 14.4 Å². The molecule has 94 valence electrons. The molecule has 0 aliphatic rings. The van der Waals surface area contributed by atoms with Gasteiger partial charge in [-0.3, -0.25) is 14.4 Å². The first-order valence-electron chi connectivity index (χ1n) is 5.60. The summed E-state index contributed by atoms with van der Waals surface area (Å²) in [7, 11) is 3.05. The number of rotatable bonds is 9. The van der Waals surface area contributed by atoms with E-state index in [9.17, 15) is 9.59 Å².